The van der Waals surface area contributed by atoms with Gasteiger partial charge in [-0.25, -0.2) is 8.42 Å². The Morgan fingerprint density at radius 1 is 1.23 bits per heavy atom. The molecule has 0 saturated heterocycles. The Morgan fingerprint density at radius 2 is 1.96 bits per heavy atom. The molecule has 0 aliphatic carbocycles. The van der Waals surface area contributed by atoms with Crippen molar-refractivity contribution in [2.45, 2.75) is 11.8 Å². The Labute approximate surface area is 155 Å². The number of nitrogens with zero attached hydrogens (tertiary/aromatic N) is 2. The molecule has 0 radical (unpaired) electrons. The summed E-state index contributed by atoms with van der Waals surface area (Å²) in [6.07, 6.45) is 1.11. The minimum atomic E-state index is -3.39. The minimum Gasteiger partial charge on any atom is -0.492 e. The van der Waals surface area contributed by atoms with E-state index in [0.29, 0.717) is 11.4 Å². The van der Waals surface area contributed by atoms with Gasteiger partial charge in [-0.1, -0.05) is 23.5 Å². The van der Waals surface area contributed by atoms with Gasteiger partial charge in [0.1, 0.15) is 11.3 Å². The second-order valence-electron chi connectivity index (χ2n) is 5.70. The summed E-state index contributed by atoms with van der Waals surface area (Å²) >= 11 is 1.37. The van der Waals surface area contributed by atoms with Crippen LogP contribution >= 0.6 is 11.3 Å². The fourth-order valence-corrected chi connectivity index (χ4v) is 4.26. The number of ether oxygens (including phenoxy) is 1. The van der Waals surface area contributed by atoms with E-state index in [4.69, 9.17) is 4.74 Å². The molecule has 0 spiro atoms. The van der Waals surface area contributed by atoms with Gasteiger partial charge in [0.25, 0.3) is 5.91 Å². The van der Waals surface area contributed by atoms with Crippen molar-refractivity contribution >= 4 is 37.3 Å². The Kier molecular flexibility index (Phi) is 4.97. The molecular formula is C18H18N2O4S2. The molecule has 136 valence electrons. The molecule has 0 bridgehead atoms. The fraction of sp³-hybridized carbons (Fsp3) is 0.222. The number of thiazole rings is 1. The molecule has 1 heterocycles. The first kappa shape index (κ1) is 18.3. The lowest BCUT2D eigenvalue weighted by atomic mass is 10.2. The van der Waals surface area contributed by atoms with E-state index in [1.54, 1.807) is 6.07 Å². The zero-order valence-electron chi connectivity index (χ0n) is 14.6. The van der Waals surface area contributed by atoms with Crippen LogP contribution in [0.1, 0.15) is 17.3 Å². The molecule has 26 heavy (non-hydrogen) atoms. The van der Waals surface area contributed by atoms with E-state index in [1.165, 1.54) is 29.5 Å². The highest BCUT2D eigenvalue weighted by molar-refractivity contribution is 7.90. The molecule has 0 unspecified atom stereocenters. The molecule has 6 nitrogen and oxygen atoms in total. The van der Waals surface area contributed by atoms with Gasteiger partial charge >= 0.3 is 0 Å². The molecule has 2 aromatic carbocycles. The van der Waals surface area contributed by atoms with Gasteiger partial charge in [-0.05, 0) is 37.3 Å². The number of para-hydroxylation sites is 1. The smallest absolute Gasteiger partial charge is 0.279 e. The van der Waals surface area contributed by atoms with Crippen LogP contribution in [0.5, 0.6) is 5.75 Å². The van der Waals surface area contributed by atoms with Crippen molar-refractivity contribution in [2.24, 2.45) is 12.0 Å². The number of hydrogen-bond donors (Lipinski definition) is 0. The number of aromatic nitrogens is 1. The number of hydrogen-bond acceptors (Lipinski definition) is 5. The lowest BCUT2D eigenvalue weighted by Crippen LogP contribution is -2.14. The van der Waals surface area contributed by atoms with Gasteiger partial charge in [-0.2, -0.15) is 4.99 Å². The second-order valence-corrected chi connectivity index (χ2v) is 8.72. The number of amides is 1. The third-order valence-corrected chi connectivity index (χ3v) is 6.00. The van der Waals surface area contributed by atoms with E-state index in [1.807, 2.05) is 36.7 Å². The maximum absolute atomic E-state index is 12.5. The van der Waals surface area contributed by atoms with Crippen LogP contribution in [0.3, 0.4) is 0 Å². The Hall–Kier alpha value is -2.45. The number of carbonyl (C=O) groups is 1. The summed E-state index contributed by atoms with van der Waals surface area (Å²) in [6.45, 7) is 2.45. The lowest BCUT2D eigenvalue weighted by molar-refractivity contribution is 0.0997. The number of aryl methyl sites for hydroxylation is 1. The summed E-state index contributed by atoms with van der Waals surface area (Å²) in [4.78, 5) is 17.3. The third kappa shape index (κ3) is 3.56. The highest BCUT2D eigenvalue weighted by atomic mass is 32.2. The van der Waals surface area contributed by atoms with Gasteiger partial charge in [0, 0.05) is 18.9 Å². The normalized spacial score (nSPS) is 12.5. The molecule has 0 saturated carbocycles. The van der Waals surface area contributed by atoms with Crippen molar-refractivity contribution in [3.63, 3.8) is 0 Å². The molecule has 3 aromatic rings. The molecule has 8 heteroatoms. The third-order valence-electron chi connectivity index (χ3n) is 3.79. The second kappa shape index (κ2) is 7.05. The molecule has 0 aliphatic heterocycles. The summed E-state index contributed by atoms with van der Waals surface area (Å²) < 4.78 is 31.8. The van der Waals surface area contributed by atoms with E-state index < -0.39 is 15.7 Å². The zero-order chi connectivity index (χ0) is 18.9. The van der Waals surface area contributed by atoms with Crippen molar-refractivity contribution in [3.8, 4) is 5.75 Å². The number of sulfone groups is 1. The van der Waals surface area contributed by atoms with Crippen LogP contribution < -0.4 is 9.54 Å². The standard InChI is InChI=1S/C18H18N2O4S2/c1-4-24-14-9-6-10-15-16(14)20(2)18(25-15)19-17(21)12-7-5-8-13(11-12)26(3,22)23/h5-11H,4H2,1-3H3. The highest BCUT2D eigenvalue weighted by Crippen LogP contribution is 2.26. The Bertz CT molecular complexity index is 1160. The van der Waals surface area contributed by atoms with Gasteiger partial charge in [0.15, 0.2) is 14.6 Å². The Morgan fingerprint density at radius 3 is 2.65 bits per heavy atom. The Balaban J connectivity index is 2.09. The van der Waals surface area contributed by atoms with E-state index in [0.717, 1.165) is 22.2 Å². The maximum atomic E-state index is 12.5. The molecular weight excluding hydrogens is 372 g/mol. The van der Waals surface area contributed by atoms with Crippen LogP contribution in [-0.4, -0.2) is 31.8 Å². The summed E-state index contributed by atoms with van der Waals surface area (Å²) in [5, 5.41) is 0. The summed E-state index contributed by atoms with van der Waals surface area (Å²) in [5.74, 6) is 0.243. The van der Waals surface area contributed by atoms with E-state index >= 15 is 0 Å². The molecule has 1 amide bonds. The first-order valence-electron chi connectivity index (χ1n) is 7.92. The van der Waals surface area contributed by atoms with E-state index in [-0.39, 0.29) is 10.5 Å². The zero-order valence-corrected chi connectivity index (χ0v) is 16.2. The number of carbonyl (C=O) groups excluding carboxylic acids is 1. The summed E-state index contributed by atoms with van der Waals surface area (Å²) in [5.41, 5.74) is 1.10. The molecule has 1 aromatic heterocycles. The van der Waals surface area contributed by atoms with Crippen molar-refractivity contribution in [3.05, 3.63) is 52.8 Å². The largest absolute Gasteiger partial charge is 0.492 e. The molecule has 3 rings (SSSR count). The van der Waals surface area contributed by atoms with Gasteiger partial charge < -0.3 is 9.30 Å². The van der Waals surface area contributed by atoms with Crippen molar-refractivity contribution < 1.29 is 17.9 Å². The lowest BCUT2D eigenvalue weighted by Gasteiger charge is -2.05. The molecule has 0 N–H and O–H groups in total. The maximum Gasteiger partial charge on any atom is 0.279 e. The van der Waals surface area contributed by atoms with Gasteiger partial charge in [0.05, 0.1) is 16.2 Å². The van der Waals surface area contributed by atoms with Crippen LogP contribution in [0.4, 0.5) is 0 Å². The predicted octanol–water partition coefficient (Wildman–Crippen LogP) is 2.78. The summed E-state index contributed by atoms with van der Waals surface area (Å²) in [6, 6.07) is 11.6. The molecule has 0 atom stereocenters. The van der Waals surface area contributed by atoms with Crippen molar-refractivity contribution in [1.29, 1.82) is 0 Å². The highest BCUT2D eigenvalue weighted by Gasteiger charge is 2.13. The van der Waals surface area contributed by atoms with Gasteiger partial charge in [-0.15, -0.1) is 0 Å². The van der Waals surface area contributed by atoms with Crippen LogP contribution in [0.25, 0.3) is 10.2 Å². The predicted molar refractivity (Wildman–Crippen MR) is 101 cm³/mol. The van der Waals surface area contributed by atoms with Crippen LogP contribution in [-0.2, 0) is 16.9 Å². The fourth-order valence-electron chi connectivity index (χ4n) is 2.56. The van der Waals surface area contributed by atoms with Crippen LogP contribution in [0.15, 0.2) is 52.4 Å². The average Bonchev–Trinajstić information content (AvgIpc) is 2.91. The summed E-state index contributed by atoms with van der Waals surface area (Å²) in [7, 11) is -1.57. The average molecular weight is 390 g/mol. The van der Waals surface area contributed by atoms with Crippen LogP contribution in [0.2, 0.25) is 0 Å². The number of fused-ring (bicyclic) bond motifs is 1. The van der Waals surface area contributed by atoms with Crippen molar-refractivity contribution in [2.75, 3.05) is 12.9 Å². The monoisotopic (exact) mass is 390 g/mol. The van der Waals surface area contributed by atoms with E-state index in [2.05, 4.69) is 4.99 Å². The molecule has 0 aliphatic rings. The quantitative estimate of drug-likeness (QED) is 0.686. The van der Waals surface area contributed by atoms with Crippen LogP contribution in [0, 0.1) is 0 Å². The first-order valence-corrected chi connectivity index (χ1v) is 10.6. The van der Waals surface area contributed by atoms with E-state index in [9.17, 15) is 13.2 Å². The minimum absolute atomic E-state index is 0.0953. The molecule has 0 fully saturated rings. The van der Waals surface area contributed by atoms with Gasteiger partial charge in [0.2, 0.25) is 0 Å². The SMILES string of the molecule is CCOc1cccc2sc(=NC(=O)c3cccc(S(C)(=O)=O)c3)n(C)c12. The topological polar surface area (TPSA) is 77.7 Å². The van der Waals surface area contributed by atoms with Gasteiger partial charge in [-0.3, -0.25) is 4.79 Å². The number of benzene rings is 2. The first-order chi connectivity index (χ1) is 12.3. The van der Waals surface area contributed by atoms with Crippen molar-refractivity contribution in [1.82, 2.24) is 4.57 Å². The number of rotatable bonds is 4.